The number of fused-ring (bicyclic) bond motifs is 1. The van der Waals surface area contributed by atoms with Gasteiger partial charge in [-0.05, 0) is 43.7 Å². The Balaban J connectivity index is 1.65. The summed E-state index contributed by atoms with van der Waals surface area (Å²) in [6, 6.07) is 17.4. The number of nitrogens with zero attached hydrogens (tertiary/aromatic N) is 2. The third-order valence-electron chi connectivity index (χ3n) is 4.18. The van der Waals surface area contributed by atoms with E-state index in [4.69, 9.17) is 0 Å². The van der Waals surface area contributed by atoms with Crippen molar-refractivity contribution in [2.45, 2.75) is 13.8 Å². The first-order chi connectivity index (χ1) is 12.6. The van der Waals surface area contributed by atoms with Crippen LogP contribution in [0.3, 0.4) is 0 Å². The van der Waals surface area contributed by atoms with E-state index in [1.165, 1.54) is 0 Å². The smallest absolute Gasteiger partial charge is 0.251 e. The zero-order valence-electron chi connectivity index (χ0n) is 14.8. The number of amides is 1. The van der Waals surface area contributed by atoms with E-state index in [-0.39, 0.29) is 5.91 Å². The molecule has 0 saturated carbocycles. The SMILES string of the molecule is Cc1ccc2nc(NCCNC(=O)c3ccccc3C)c(C#N)cc2c1. The molecule has 130 valence electrons. The van der Waals surface area contributed by atoms with Crippen molar-refractivity contribution in [3.05, 3.63) is 70.8 Å². The monoisotopic (exact) mass is 344 g/mol. The highest BCUT2D eigenvalue weighted by atomic mass is 16.1. The lowest BCUT2D eigenvalue weighted by atomic mass is 10.1. The molecule has 26 heavy (non-hydrogen) atoms. The maximum atomic E-state index is 12.2. The van der Waals surface area contributed by atoms with Gasteiger partial charge in [-0.25, -0.2) is 4.98 Å². The van der Waals surface area contributed by atoms with Gasteiger partial charge in [-0.2, -0.15) is 5.26 Å². The van der Waals surface area contributed by atoms with Gasteiger partial charge in [-0.1, -0.05) is 29.8 Å². The highest BCUT2D eigenvalue weighted by Gasteiger charge is 2.09. The summed E-state index contributed by atoms with van der Waals surface area (Å²) < 4.78 is 0. The Hall–Kier alpha value is -3.39. The van der Waals surface area contributed by atoms with Gasteiger partial charge in [-0.3, -0.25) is 4.79 Å². The van der Waals surface area contributed by atoms with Gasteiger partial charge in [0.2, 0.25) is 0 Å². The summed E-state index contributed by atoms with van der Waals surface area (Å²) in [6.45, 7) is 4.84. The first kappa shape index (κ1) is 17.4. The lowest BCUT2D eigenvalue weighted by Gasteiger charge is -2.11. The van der Waals surface area contributed by atoms with Crippen molar-refractivity contribution in [3.8, 4) is 6.07 Å². The second kappa shape index (κ2) is 7.66. The Kier molecular flexibility index (Phi) is 5.14. The molecule has 0 atom stereocenters. The number of anilines is 1. The molecule has 1 heterocycles. The van der Waals surface area contributed by atoms with E-state index >= 15 is 0 Å². The van der Waals surface area contributed by atoms with Gasteiger partial charge in [0.15, 0.2) is 0 Å². The molecule has 2 aromatic carbocycles. The van der Waals surface area contributed by atoms with Gasteiger partial charge in [-0.15, -0.1) is 0 Å². The summed E-state index contributed by atoms with van der Waals surface area (Å²) >= 11 is 0. The molecule has 3 aromatic rings. The minimum Gasteiger partial charge on any atom is -0.367 e. The van der Waals surface area contributed by atoms with Crippen LogP contribution in [0.2, 0.25) is 0 Å². The van der Waals surface area contributed by atoms with Gasteiger partial charge < -0.3 is 10.6 Å². The number of carbonyl (C=O) groups excluding carboxylic acids is 1. The maximum absolute atomic E-state index is 12.2. The number of benzene rings is 2. The quantitative estimate of drug-likeness (QED) is 0.694. The van der Waals surface area contributed by atoms with Crippen LogP contribution in [-0.4, -0.2) is 24.0 Å². The number of hydrogen-bond acceptors (Lipinski definition) is 4. The van der Waals surface area contributed by atoms with Crippen molar-refractivity contribution >= 4 is 22.6 Å². The van der Waals surface area contributed by atoms with Gasteiger partial charge in [0.1, 0.15) is 11.9 Å². The van der Waals surface area contributed by atoms with E-state index in [2.05, 4.69) is 21.7 Å². The minimum atomic E-state index is -0.104. The van der Waals surface area contributed by atoms with E-state index in [0.717, 1.165) is 22.0 Å². The molecule has 1 aromatic heterocycles. The fourth-order valence-electron chi connectivity index (χ4n) is 2.80. The maximum Gasteiger partial charge on any atom is 0.251 e. The van der Waals surface area contributed by atoms with Crippen LogP contribution in [0, 0.1) is 25.2 Å². The van der Waals surface area contributed by atoms with Crippen LogP contribution in [0.15, 0.2) is 48.5 Å². The van der Waals surface area contributed by atoms with Crippen molar-refractivity contribution in [3.63, 3.8) is 0 Å². The van der Waals surface area contributed by atoms with E-state index in [0.29, 0.717) is 30.0 Å². The average molecular weight is 344 g/mol. The lowest BCUT2D eigenvalue weighted by molar-refractivity contribution is 0.0954. The molecule has 0 saturated heterocycles. The summed E-state index contributed by atoms with van der Waals surface area (Å²) in [5.74, 6) is 0.432. The number of pyridine rings is 1. The number of aryl methyl sites for hydroxylation is 2. The molecule has 3 rings (SSSR count). The first-order valence-electron chi connectivity index (χ1n) is 8.47. The highest BCUT2D eigenvalue weighted by Crippen LogP contribution is 2.20. The predicted octanol–water partition coefficient (Wildman–Crippen LogP) is 3.57. The largest absolute Gasteiger partial charge is 0.367 e. The number of nitrogens with one attached hydrogen (secondary N) is 2. The second-order valence-corrected chi connectivity index (χ2v) is 6.19. The molecular formula is C21H20N4O. The van der Waals surface area contributed by atoms with Crippen LogP contribution < -0.4 is 10.6 Å². The first-order valence-corrected chi connectivity index (χ1v) is 8.47. The third kappa shape index (κ3) is 3.81. The van der Waals surface area contributed by atoms with Crippen molar-refractivity contribution in [1.82, 2.24) is 10.3 Å². The number of nitriles is 1. The van der Waals surface area contributed by atoms with Crippen LogP contribution in [0.25, 0.3) is 10.9 Å². The predicted molar refractivity (Wildman–Crippen MR) is 103 cm³/mol. The van der Waals surface area contributed by atoms with Crippen molar-refractivity contribution in [1.29, 1.82) is 5.26 Å². The van der Waals surface area contributed by atoms with Crippen LogP contribution in [0.5, 0.6) is 0 Å². The van der Waals surface area contributed by atoms with Crippen molar-refractivity contribution in [2.75, 3.05) is 18.4 Å². The summed E-state index contributed by atoms with van der Waals surface area (Å²) in [4.78, 5) is 16.7. The Labute approximate surface area is 152 Å². The van der Waals surface area contributed by atoms with Crippen LogP contribution >= 0.6 is 0 Å². The van der Waals surface area contributed by atoms with E-state index in [9.17, 15) is 10.1 Å². The summed E-state index contributed by atoms with van der Waals surface area (Å²) in [5.41, 5.74) is 4.07. The number of carbonyl (C=O) groups is 1. The molecule has 0 fully saturated rings. The highest BCUT2D eigenvalue weighted by molar-refractivity contribution is 5.95. The fraction of sp³-hybridized carbons (Fsp3) is 0.190. The summed E-state index contributed by atoms with van der Waals surface area (Å²) in [7, 11) is 0. The van der Waals surface area contributed by atoms with E-state index in [1.54, 1.807) is 6.07 Å². The van der Waals surface area contributed by atoms with E-state index < -0.39 is 0 Å². The average Bonchev–Trinajstić information content (AvgIpc) is 2.64. The van der Waals surface area contributed by atoms with E-state index in [1.807, 2.05) is 56.3 Å². The molecular weight excluding hydrogens is 324 g/mol. The molecule has 0 spiro atoms. The molecule has 5 heteroatoms. The van der Waals surface area contributed by atoms with Crippen LogP contribution in [-0.2, 0) is 0 Å². The molecule has 0 radical (unpaired) electrons. The standard InChI is InChI=1S/C21H20N4O/c1-14-7-8-19-16(11-14)12-17(13-22)20(25-19)23-9-10-24-21(26)18-6-4-3-5-15(18)2/h3-8,11-12H,9-10H2,1-2H3,(H,23,25)(H,24,26). The molecule has 1 amide bonds. The van der Waals surface area contributed by atoms with Gasteiger partial charge in [0.25, 0.3) is 5.91 Å². The zero-order chi connectivity index (χ0) is 18.5. The number of hydrogen-bond donors (Lipinski definition) is 2. The molecule has 5 nitrogen and oxygen atoms in total. The number of rotatable bonds is 5. The molecule has 0 bridgehead atoms. The molecule has 0 aliphatic heterocycles. The summed E-state index contributed by atoms with van der Waals surface area (Å²) in [6.07, 6.45) is 0. The topological polar surface area (TPSA) is 77.8 Å². The van der Waals surface area contributed by atoms with Crippen LogP contribution in [0.1, 0.15) is 27.0 Å². The zero-order valence-corrected chi connectivity index (χ0v) is 14.8. The second-order valence-electron chi connectivity index (χ2n) is 6.19. The van der Waals surface area contributed by atoms with Gasteiger partial charge in [0, 0.05) is 24.0 Å². The Morgan fingerprint density at radius 3 is 2.69 bits per heavy atom. The molecule has 0 aliphatic rings. The number of aromatic nitrogens is 1. The van der Waals surface area contributed by atoms with Gasteiger partial charge in [0.05, 0.1) is 11.1 Å². The Morgan fingerprint density at radius 1 is 1.12 bits per heavy atom. The Bertz CT molecular complexity index is 1000. The minimum absolute atomic E-state index is 0.104. The summed E-state index contributed by atoms with van der Waals surface area (Å²) in [5, 5.41) is 16.3. The van der Waals surface area contributed by atoms with Crippen molar-refractivity contribution < 1.29 is 4.79 Å². The normalized spacial score (nSPS) is 10.3. The van der Waals surface area contributed by atoms with Gasteiger partial charge >= 0.3 is 0 Å². The Morgan fingerprint density at radius 2 is 1.92 bits per heavy atom. The van der Waals surface area contributed by atoms with Crippen molar-refractivity contribution in [2.24, 2.45) is 0 Å². The molecule has 0 aliphatic carbocycles. The molecule has 2 N–H and O–H groups in total. The molecule has 0 unspecified atom stereocenters. The fourth-order valence-corrected chi connectivity index (χ4v) is 2.80. The third-order valence-corrected chi connectivity index (χ3v) is 4.18. The van der Waals surface area contributed by atoms with Crippen LogP contribution in [0.4, 0.5) is 5.82 Å². The lowest BCUT2D eigenvalue weighted by Crippen LogP contribution is -2.29.